The molecule has 2 heteroatoms. The summed E-state index contributed by atoms with van der Waals surface area (Å²) in [4.78, 5) is 0. The molecule has 0 spiro atoms. The van der Waals surface area contributed by atoms with E-state index in [0.29, 0.717) is 0 Å². The number of para-hydroxylation sites is 1. The van der Waals surface area contributed by atoms with Crippen LogP contribution in [0.5, 0.6) is 0 Å². The summed E-state index contributed by atoms with van der Waals surface area (Å²) in [6.45, 7) is 1.99. The zero-order valence-corrected chi connectivity index (χ0v) is 9.10. The molecule has 3 aromatic rings. The van der Waals surface area contributed by atoms with Crippen LogP contribution in [-0.2, 0) is 0 Å². The van der Waals surface area contributed by atoms with Gasteiger partial charge in [0.2, 0.25) is 0 Å². The smallest absolute Gasteiger partial charge is 0.135 e. The summed E-state index contributed by atoms with van der Waals surface area (Å²) >= 11 is 0. The molecule has 2 N–H and O–H groups in total. The monoisotopic (exact) mass is 211 g/mol. The average Bonchev–Trinajstić information content (AvgIpc) is 2.66. The SMILES string of the molecule is C[C@@H](N)c1ccc2oc3ccccc3c2c1. The largest absolute Gasteiger partial charge is 0.456 e. The van der Waals surface area contributed by atoms with Crippen molar-refractivity contribution >= 4 is 21.9 Å². The van der Waals surface area contributed by atoms with Crippen LogP contribution in [0, 0.1) is 0 Å². The zero-order valence-electron chi connectivity index (χ0n) is 9.10. The molecule has 0 bridgehead atoms. The van der Waals surface area contributed by atoms with Gasteiger partial charge < -0.3 is 10.2 Å². The molecule has 2 aromatic carbocycles. The number of furan rings is 1. The molecule has 3 rings (SSSR count). The van der Waals surface area contributed by atoms with Crippen molar-refractivity contribution < 1.29 is 4.42 Å². The van der Waals surface area contributed by atoms with E-state index >= 15 is 0 Å². The van der Waals surface area contributed by atoms with E-state index in [1.807, 2.05) is 37.3 Å². The van der Waals surface area contributed by atoms with Gasteiger partial charge in [-0.25, -0.2) is 0 Å². The molecule has 1 aromatic heterocycles. The van der Waals surface area contributed by atoms with Gasteiger partial charge in [-0.1, -0.05) is 24.3 Å². The van der Waals surface area contributed by atoms with Gasteiger partial charge in [0, 0.05) is 16.8 Å². The van der Waals surface area contributed by atoms with E-state index < -0.39 is 0 Å². The Hall–Kier alpha value is -1.80. The van der Waals surface area contributed by atoms with Gasteiger partial charge in [0.25, 0.3) is 0 Å². The molecule has 0 fully saturated rings. The van der Waals surface area contributed by atoms with Crippen molar-refractivity contribution in [2.45, 2.75) is 13.0 Å². The Labute approximate surface area is 93.7 Å². The topological polar surface area (TPSA) is 39.2 Å². The first-order valence-electron chi connectivity index (χ1n) is 5.42. The molecule has 0 aliphatic heterocycles. The molecular formula is C14H13NO. The molecule has 1 atom stereocenters. The first-order valence-corrected chi connectivity index (χ1v) is 5.42. The maximum absolute atomic E-state index is 5.89. The molecule has 0 aliphatic carbocycles. The quantitative estimate of drug-likeness (QED) is 0.667. The minimum atomic E-state index is 0.0538. The van der Waals surface area contributed by atoms with Gasteiger partial charge in [0.05, 0.1) is 0 Å². The third-order valence-electron chi connectivity index (χ3n) is 2.93. The fraction of sp³-hybridized carbons (Fsp3) is 0.143. The van der Waals surface area contributed by atoms with E-state index in [9.17, 15) is 0 Å². The van der Waals surface area contributed by atoms with E-state index in [2.05, 4.69) is 12.1 Å². The molecule has 16 heavy (non-hydrogen) atoms. The number of rotatable bonds is 1. The predicted molar refractivity (Wildman–Crippen MR) is 66.3 cm³/mol. The highest BCUT2D eigenvalue weighted by molar-refractivity contribution is 6.04. The van der Waals surface area contributed by atoms with Gasteiger partial charge in [-0.3, -0.25) is 0 Å². The molecule has 0 radical (unpaired) electrons. The Bertz CT molecular complexity index is 652. The fourth-order valence-electron chi connectivity index (χ4n) is 2.03. The summed E-state index contributed by atoms with van der Waals surface area (Å²) in [5.41, 5.74) is 8.88. The third kappa shape index (κ3) is 1.31. The first-order chi connectivity index (χ1) is 7.75. The second-order valence-corrected chi connectivity index (χ2v) is 4.14. The molecular weight excluding hydrogens is 198 g/mol. The summed E-state index contributed by atoms with van der Waals surface area (Å²) in [5.74, 6) is 0. The minimum absolute atomic E-state index is 0.0538. The number of hydrogen-bond acceptors (Lipinski definition) is 2. The molecule has 80 valence electrons. The van der Waals surface area contributed by atoms with Gasteiger partial charge in [-0.15, -0.1) is 0 Å². The van der Waals surface area contributed by atoms with E-state index in [1.165, 1.54) is 0 Å². The van der Waals surface area contributed by atoms with Crippen LogP contribution in [0.3, 0.4) is 0 Å². The van der Waals surface area contributed by atoms with E-state index in [0.717, 1.165) is 27.5 Å². The Kier molecular flexibility index (Phi) is 1.98. The second-order valence-electron chi connectivity index (χ2n) is 4.14. The van der Waals surface area contributed by atoms with Gasteiger partial charge in [0.1, 0.15) is 11.2 Å². The van der Waals surface area contributed by atoms with E-state index in [1.54, 1.807) is 0 Å². The van der Waals surface area contributed by atoms with Crippen molar-refractivity contribution in [3.8, 4) is 0 Å². The summed E-state index contributed by atoms with van der Waals surface area (Å²) in [6.07, 6.45) is 0. The average molecular weight is 211 g/mol. The summed E-state index contributed by atoms with van der Waals surface area (Å²) in [5, 5.41) is 2.30. The summed E-state index contributed by atoms with van der Waals surface area (Å²) < 4.78 is 5.75. The van der Waals surface area contributed by atoms with Crippen LogP contribution in [0.4, 0.5) is 0 Å². The lowest BCUT2D eigenvalue weighted by Gasteiger charge is -2.04. The molecule has 0 saturated carbocycles. The van der Waals surface area contributed by atoms with Crippen LogP contribution >= 0.6 is 0 Å². The van der Waals surface area contributed by atoms with Crippen LogP contribution in [0.2, 0.25) is 0 Å². The highest BCUT2D eigenvalue weighted by Gasteiger charge is 2.07. The van der Waals surface area contributed by atoms with Crippen LogP contribution in [-0.4, -0.2) is 0 Å². The number of fused-ring (bicyclic) bond motifs is 3. The zero-order chi connectivity index (χ0) is 11.1. The molecule has 0 unspecified atom stereocenters. The number of benzene rings is 2. The van der Waals surface area contributed by atoms with Gasteiger partial charge in [0.15, 0.2) is 0 Å². The van der Waals surface area contributed by atoms with Crippen molar-refractivity contribution in [3.05, 3.63) is 48.0 Å². The van der Waals surface area contributed by atoms with Crippen molar-refractivity contribution in [3.63, 3.8) is 0 Å². The predicted octanol–water partition coefficient (Wildman–Crippen LogP) is 3.61. The maximum atomic E-state index is 5.89. The molecule has 0 saturated heterocycles. The Morgan fingerprint density at radius 1 is 1.00 bits per heavy atom. The highest BCUT2D eigenvalue weighted by Crippen LogP contribution is 2.30. The van der Waals surface area contributed by atoms with Crippen LogP contribution in [0.1, 0.15) is 18.5 Å². The molecule has 0 aliphatic rings. The van der Waals surface area contributed by atoms with E-state index in [-0.39, 0.29) is 6.04 Å². The van der Waals surface area contributed by atoms with Crippen molar-refractivity contribution in [2.75, 3.05) is 0 Å². The molecule has 0 amide bonds. The van der Waals surface area contributed by atoms with Gasteiger partial charge in [-0.2, -0.15) is 0 Å². The highest BCUT2D eigenvalue weighted by atomic mass is 16.3. The van der Waals surface area contributed by atoms with Crippen LogP contribution in [0.25, 0.3) is 21.9 Å². The maximum Gasteiger partial charge on any atom is 0.135 e. The molecule has 1 heterocycles. The lowest BCUT2D eigenvalue weighted by atomic mass is 10.1. The Morgan fingerprint density at radius 2 is 1.75 bits per heavy atom. The van der Waals surface area contributed by atoms with Crippen molar-refractivity contribution in [1.82, 2.24) is 0 Å². The van der Waals surface area contributed by atoms with E-state index in [4.69, 9.17) is 10.2 Å². The number of nitrogens with two attached hydrogens (primary N) is 1. The van der Waals surface area contributed by atoms with Crippen LogP contribution < -0.4 is 5.73 Å². The first kappa shape index (κ1) is 9.43. The van der Waals surface area contributed by atoms with Gasteiger partial charge >= 0.3 is 0 Å². The summed E-state index contributed by atoms with van der Waals surface area (Å²) in [6, 6.07) is 14.3. The van der Waals surface area contributed by atoms with Gasteiger partial charge in [-0.05, 0) is 30.7 Å². The third-order valence-corrected chi connectivity index (χ3v) is 2.93. The standard InChI is InChI=1S/C14H13NO/c1-9(15)10-6-7-14-12(8-10)11-4-2-3-5-13(11)16-14/h2-9H,15H2,1H3/t9-/m1/s1. The Balaban J connectivity index is 2.40. The Morgan fingerprint density at radius 3 is 2.56 bits per heavy atom. The summed E-state index contributed by atoms with van der Waals surface area (Å²) in [7, 11) is 0. The fourth-order valence-corrected chi connectivity index (χ4v) is 2.03. The molecule has 2 nitrogen and oxygen atoms in total. The van der Waals surface area contributed by atoms with Crippen molar-refractivity contribution in [1.29, 1.82) is 0 Å². The normalized spacial score (nSPS) is 13.4. The minimum Gasteiger partial charge on any atom is -0.456 e. The lowest BCUT2D eigenvalue weighted by molar-refractivity contribution is 0.668. The van der Waals surface area contributed by atoms with Crippen LogP contribution in [0.15, 0.2) is 46.9 Å². The number of hydrogen-bond donors (Lipinski definition) is 1. The lowest BCUT2D eigenvalue weighted by Crippen LogP contribution is -2.04. The second kappa shape index (κ2) is 3.35. The van der Waals surface area contributed by atoms with Crippen molar-refractivity contribution in [2.24, 2.45) is 5.73 Å².